The summed E-state index contributed by atoms with van der Waals surface area (Å²) in [5, 5.41) is 8.74. The average molecular weight is 254 g/mol. The number of likely N-dealkylation sites (N-methyl/N-ethyl adjacent to an activating group) is 1. The first-order valence-electron chi connectivity index (χ1n) is 5.78. The maximum absolute atomic E-state index is 11.8. The van der Waals surface area contributed by atoms with Crippen molar-refractivity contribution in [3.05, 3.63) is 11.1 Å². The van der Waals surface area contributed by atoms with Crippen LogP contribution in [0.2, 0.25) is 0 Å². The molecule has 6 heteroatoms. The van der Waals surface area contributed by atoms with E-state index in [4.69, 9.17) is 0 Å². The number of thiazole rings is 1. The molecule has 1 aromatic rings. The molecule has 1 amide bonds. The number of nitrogens with zero attached hydrogens (tertiary/aromatic N) is 2. The zero-order chi connectivity index (χ0) is 12.3. The summed E-state index contributed by atoms with van der Waals surface area (Å²) in [6.45, 7) is 4.36. The molecule has 2 rings (SSSR count). The molecule has 1 aliphatic rings. The van der Waals surface area contributed by atoms with Gasteiger partial charge in [0.1, 0.15) is 0 Å². The number of anilines is 1. The van der Waals surface area contributed by atoms with Gasteiger partial charge in [0.15, 0.2) is 5.13 Å². The Morgan fingerprint density at radius 2 is 2.59 bits per heavy atom. The minimum absolute atomic E-state index is 0.00810. The van der Waals surface area contributed by atoms with Gasteiger partial charge < -0.3 is 10.6 Å². The van der Waals surface area contributed by atoms with E-state index in [1.165, 1.54) is 11.3 Å². The van der Waals surface area contributed by atoms with Crippen molar-refractivity contribution in [1.82, 2.24) is 15.2 Å². The van der Waals surface area contributed by atoms with E-state index in [0.717, 1.165) is 25.2 Å². The van der Waals surface area contributed by atoms with Gasteiger partial charge in [0, 0.05) is 18.0 Å². The second-order valence-electron chi connectivity index (χ2n) is 4.40. The lowest BCUT2D eigenvalue weighted by atomic mass is 10.2. The molecule has 1 aliphatic heterocycles. The summed E-state index contributed by atoms with van der Waals surface area (Å²) in [6.07, 6.45) is 1.11. The van der Waals surface area contributed by atoms with Crippen molar-refractivity contribution in [2.45, 2.75) is 19.4 Å². The number of rotatable bonds is 4. The van der Waals surface area contributed by atoms with Crippen LogP contribution >= 0.6 is 11.3 Å². The van der Waals surface area contributed by atoms with Crippen LogP contribution in [0.25, 0.3) is 0 Å². The lowest BCUT2D eigenvalue weighted by molar-refractivity contribution is -0.117. The minimum atomic E-state index is 0.00810. The van der Waals surface area contributed by atoms with E-state index in [0.29, 0.717) is 17.7 Å². The number of carbonyl (C=O) groups is 1. The van der Waals surface area contributed by atoms with E-state index in [-0.39, 0.29) is 5.91 Å². The topological polar surface area (TPSA) is 57.3 Å². The number of hydrogen-bond donors (Lipinski definition) is 2. The highest BCUT2D eigenvalue weighted by atomic mass is 32.1. The smallest absolute Gasteiger partial charge is 0.240 e. The summed E-state index contributed by atoms with van der Waals surface area (Å²) in [6, 6.07) is 0.471. The molecule has 0 spiro atoms. The van der Waals surface area contributed by atoms with Gasteiger partial charge in [0.2, 0.25) is 5.91 Å². The largest absolute Gasteiger partial charge is 0.315 e. The standard InChI is InChI=1S/C11H18N4OS/c1-8-7-17-11(13-8)14-10(16)6-15(2)9-3-4-12-5-9/h7,9,12H,3-6H2,1-2H3,(H,13,14,16). The van der Waals surface area contributed by atoms with Crippen LogP contribution < -0.4 is 10.6 Å². The third-order valence-corrected chi connectivity index (χ3v) is 3.79. The molecule has 1 atom stereocenters. The first-order valence-corrected chi connectivity index (χ1v) is 6.66. The summed E-state index contributed by atoms with van der Waals surface area (Å²) in [7, 11) is 1.99. The molecule has 0 aromatic carbocycles. The molecule has 2 heterocycles. The number of nitrogens with one attached hydrogen (secondary N) is 2. The second-order valence-corrected chi connectivity index (χ2v) is 5.26. The van der Waals surface area contributed by atoms with Gasteiger partial charge in [-0.3, -0.25) is 9.69 Å². The Kier molecular flexibility index (Phi) is 4.09. The lowest BCUT2D eigenvalue weighted by Gasteiger charge is -2.22. The van der Waals surface area contributed by atoms with Crippen molar-refractivity contribution in [1.29, 1.82) is 0 Å². The lowest BCUT2D eigenvalue weighted by Crippen LogP contribution is -2.39. The Balaban J connectivity index is 1.80. The van der Waals surface area contributed by atoms with Crippen LogP contribution in [0.1, 0.15) is 12.1 Å². The van der Waals surface area contributed by atoms with Gasteiger partial charge in [-0.25, -0.2) is 4.98 Å². The van der Waals surface area contributed by atoms with E-state index in [1.807, 2.05) is 19.4 Å². The van der Waals surface area contributed by atoms with Crippen LogP contribution in [0.15, 0.2) is 5.38 Å². The molecule has 0 saturated carbocycles. The average Bonchev–Trinajstić information content (AvgIpc) is 2.89. The van der Waals surface area contributed by atoms with Crippen LogP contribution in [0.3, 0.4) is 0 Å². The van der Waals surface area contributed by atoms with Crippen molar-refractivity contribution in [3.8, 4) is 0 Å². The molecule has 94 valence electrons. The molecule has 1 unspecified atom stereocenters. The highest BCUT2D eigenvalue weighted by molar-refractivity contribution is 7.13. The number of hydrogen-bond acceptors (Lipinski definition) is 5. The normalized spacial score (nSPS) is 19.8. The highest BCUT2D eigenvalue weighted by Gasteiger charge is 2.20. The molecular formula is C11H18N4OS. The van der Waals surface area contributed by atoms with Crippen LogP contribution in [-0.2, 0) is 4.79 Å². The Labute approximate surface area is 105 Å². The Morgan fingerprint density at radius 1 is 1.76 bits per heavy atom. The van der Waals surface area contributed by atoms with Gasteiger partial charge in [-0.15, -0.1) is 11.3 Å². The Morgan fingerprint density at radius 3 is 3.18 bits per heavy atom. The van der Waals surface area contributed by atoms with Gasteiger partial charge in [-0.2, -0.15) is 0 Å². The minimum Gasteiger partial charge on any atom is -0.315 e. The van der Waals surface area contributed by atoms with Crippen molar-refractivity contribution >= 4 is 22.4 Å². The van der Waals surface area contributed by atoms with Crippen molar-refractivity contribution in [2.24, 2.45) is 0 Å². The molecule has 1 aromatic heterocycles. The second kappa shape index (κ2) is 5.57. The fourth-order valence-electron chi connectivity index (χ4n) is 1.94. The quantitative estimate of drug-likeness (QED) is 0.830. The van der Waals surface area contributed by atoms with Crippen LogP contribution in [0, 0.1) is 6.92 Å². The summed E-state index contributed by atoms with van der Waals surface area (Å²) in [4.78, 5) is 18.1. The van der Waals surface area contributed by atoms with Crippen LogP contribution in [0.5, 0.6) is 0 Å². The van der Waals surface area contributed by atoms with Crippen LogP contribution in [-0.4, -0.2) is 48.5 Å². The maximum atomic E-state index is 11.8. The third-order valence-electron chi connectivity index (χ3n) is 2.92. The molecule has 1 fully saturated rings. The molecule has 0 aliphatic carbocycles. The summed E-state index contributed by atoms with van der Waals surface area (Å²) in [5.41, 5.74) is 0.943. The van der Waals surface area contributed by atoms with E-state index < -0.39 is 0 Å². The van der Waals surface area contributed by atoms with Crippen LogP contribution in [0.4, 0.5) is 5.13 Å². The molecule has 5 nitrogen and oxygen atoms in total. The SMILES string of the molecule is Cc1csc(NC(=O)CN(C)C2CCNC2)n1. The van der Waals surface area contributed by atoms with E-state index in [2.05, 4.69) is 20.5 Å². The van der Waals surface area contributed by atoms with Crippen molar-refractivity contribution in [2.75, 3.05) is 32.0 Å². The molecule has 17 heavy (non-hydrogen) atoms. The molecule has 0 bridgehead atoms. The first kappa shape index (κ1) is 12.5. The van der Waals surface area contributed by atoms with Crippen molar-refractivity contribution in [3.63, 3.8) is 0 Å². The highest BCUT2D eigenvalue weighted by Crippen LogP contribution is 2.14. The number of aromatic nitrogens is 1. The van der Waals surface area contributed by atoms with E-state index in [9.17, 15) is 4.79 Å². The van der Waals surface area contributed by atoms with Gasteiger partial charge in [-0.05, 0) is 26.9 Å². The summed E-state index contributed by atoms with van der Waals surface area (Å²) < 4.78 is 0. The third kappa shape index (κ3) is 3.49. The van der Waals surface area contributed by atoms with Gasteiger partial charge in [0.25, 0.3) is 0 Å². The predicted octanol–water partition coefficient (Wildman–Crippen LogP) is 0.684. The van der Waals surface area contributed by atoms with E-state index >= 15 is 0 Å². The van der Waals surface area contributed by atoms with E-state index in [1.54, 1.807) is 0 Å². The first-order chi connectivity index (χ1) is 8.15. The van der Waals surface area contributed by atoms with Gasteiger partial charge in [-0.1, -0.05) is 0 Å². The molecule has 2 N–H and O–H groups in total. The predicted molar refractivity (Wildman–Crippen MR) is 69.4 cm³/mol. The van der Waals surface area contributed by atoms with Gasteiger partial charge in [0.05, 0.1) is 12.2 Å². The fourth-order valence-corrected chi connectivity index (χ4v) is 2.65. The molecular weight excluding hydrogens is 236 g/mol. The Bertz CT molecular complexity index is 387. The zero-order valence-electron chi connectivity index (χ0n) is 10.2. The zero-order valence-corrected chi connectivity index (χ0v) is 11.0. The summed E-state index contributed by atoms with van der Waals surface area (Å²) in [5.74, 6) is 0.00810. The molecule has 1 saturated heterocycles. The van der Waals surface area contributed by atoms with Gasteiger partial charge >= 0.3 is 0 Å². The number of aryl methyl sites for hydroxylation is 1. The van der Waals surface area contributed by atoms with Crippen molar-refractivity contribution < 1.29 is 4.79 Å². The monoisotopic (exact) mass is 254 g/mol. The summed E-state index contributed by atoms with van der Waals surface area (Å²) >= 11 is 1.46. The fraction of sp³-hybridized carbons (Fsp3) is 0.636. The maximum Gasteiger partial charge on any atom is 0.240 e. The number of amides is 1. The number of carbonyl (C=O) groups excluding carboxylic acids is 1. The Hall–Kier alpha value is -0.980. The molecule has 0 radical (unpaired) electrons.